The van der Waals surface area contributed by atoms with Crippen LogP contribution in [0.1, 0.15) is 42.7 Å². The summed E-state index contributed by atoms with van der Waals surface area (Å²) in [4.78, 5) is 8.02. The molecule has 0 spiro atoms. The zero-order chi connectivity index (χ0) is 14.7. The maximum atomic E-state index is 5.77. The van der Waals surface area contributed by atoms with Crippen LogP contribution in [0.4, 0.5) is 5.13 Å². The predicted molar refractivity (Wildman–Crippen MR) is 96.4 cm³/mol. The molecule has 22 heavy (non-hydrogen) atoms. The Balaban J connectivity index is 0.00000176. The molecule has 1 aromatic carbocycles. The van der Waals surface area contributed by atoms with Crippen molar-refractivity contribution in [2.45, 2.75) is 38.8 Å². The maximum Gasteiger partial charge on any atom is 0.180 e. The van der Waals surface area contributed by atoms with Gasteiger partial charge in [-0.05, 0) is 31.2 Å². The summed E-state index contributed by atoms with van der Waals surface area (Å²) in [5, 5.41) is 0.668. The van der Waals surface area contributed by atoms with Crippen LogP contribution >= 0.6 is 23.7 Å². The van der Waals surface area contributed by atoms with E-state index < -0.39 is 0 Å². The number of anilines is 1. The van der Waals surface area contributed by atoms with Crippen LogP contribution in [0.5, 0.6) is 0 Å². The number of benzene rings is 1. The van der Waals surface area contributed by atoms with Crippen molar-refractivity contribution < 1.29 is 0 Å². The first kappa shape index (κ1) is 17.3. The minimum atomic E-state index is 0. The van der Waals surface area contributed by atoms with Crippen LogP contribution in [-0.2, 0) is 6.54 Å². The summed E-state index contributed by atoms with van der Waals surface area (Å²) >= 11 is 1.61. The quantitative estimate of drug-likeness (QED) is 0.843. The highest BCUT2D eigenvalue weighted by atomic mass is 35.5. The number of nitrogens with two attached hydrogens (primary N) is 1. The molecule has 0 aliphatic heterocycles. The molecule has 1 aliphatic rings. The molecule has 1 unspecified atom stereocenters. The molecule has 0 radical (unpaired) electrons. The molecule has 5 heteroatoms. The summed E-state index contributed by atoms with van der Waals surface area (Å²) in [6.07, 6.45) is 6.07. The highest BCUT2D eigenvalue weighted by Crippen LogP contribution is 2.32. The molecule has 1 fully saturated rings. The summed E-state index contributed by atoms with van der Waals surface area (Å²) in [5.74, 6) is 0.862. The fraction of sp³-hybridized carbons (Fsp3) is 0.471. The van der Waals surface area contributed by atoms with Crippen molar-refractivity contribution in [2.24, 2.45) is 5.92 Å². The van der Waals surface area contributed by atoms with E-state index in [4.69, 9.17) is 5.73 Å². The van der Waals surface area contributed by atoms with Crippen LogP contribution in [0.2, 0.25) is 0 Å². The Bertz CT molecular complexity index is 568. The SMILES string of the molecule is CC(c1ccccc1)N(Cc1cnc(N)s1)CC1CCC1.Cl. The first-order valence-corrected chi connectivity index (χ1v) is 8.53. The number of rotatable bonds is 6. The van der Waals surface area contributed by atoms with Gasteiger partial charge in [0.05, 0.1) is 0 Å². The van der Waals surface area contributed by atoms with Gasteiger partial charge in [0.15, 0.2) is 5.13 Å². The molecule has 2 aromatic rings. The second kappa shape index (κ2) is 7.95. The summed E-state index contributed by atoms with van der Waals surface area (Å²) in [7, 11) is 0. The van der Waals surface area contributed by atoms with Gasteiger partial charge in [-0.1, -0.05) is 36.8 Å². The third-order valence-electron chi connectivity index (χ3n) is 4.48. The largest absolute Gasteiger partial charge is 0.375 e. The summed E-state index contributed by atoms with van der Waals surface area (Å²) < 4.78 is 0. The zero-order valence-electron chi connectivity index (χ0n) is 12.9. The second-order valence-corrected chi connectivity index (χ2v) is 7.12. The number of aromatic nitrogens is 1. The van der Waals surface area contributed by atoms with Crippen LogP contribution in [0.15, 0.2) is 36.5 Å². The van der Waals surface area contributed by atoms with E-state index in [0.29, 0.717) is 11.2 Å². The Hall–Kier alpha value is -1.10. The van der Waals surface area contributed by atoms with Gasteiger partial charge >= 0.3 is 0 Å². The monoisotopic (exact) mass is 337 g/mol. The van der Waals surface area contributed by atoms with Gasteiger partial charge in [0, 0.05) is 30.2 Å². The highest BCUT2D eigenvalue weighted by molar-refractivity contribution is 7.15. The van der Waals surface area contributed by atoms with Crippen molar-refractivity contribution in [2.75, 3.05) is 12.3 Å². The topological polar surface area (TPSA) is 42.2 Å². The first-order valence-electron chi connectivity index (χ1n) is 7.71. The van der Waals surface area contributed by atoms with Crippen LogP contribution in [0.3, 0.4) is 0 Å². The molecule has 2 N–H and O–H groups in total. The molecule has 1 aromatic heterocycles. The number of nitrogens with zero attached hydrogens (tertiary/aromatic N) is 2. The van der Waals surface area contributed by atoms with E-state index in [-0.39, 0.29) is 12.4 Å². The highest BCUT2D eigenvalue weighted by Gasteiger charge is 2.24. The van der Waals surface area contributed by atoms with E-state index in [9.17, 15) is 0 Å². The van der Waals surface area contributed by atoms with Gasteiger partial charge in [-0.3, -0.25) is 4.90 Å². The molecule has 1 atom stereocenters. The van der Waals surface area contributed by atoms with Gasteiger partial charge < -0.3 is 5.73 Å². The zero-order valence-corrected chi connectivity index (χ0v) is 14.6. The standard InChI is InChI=1S/C17H23N3S.ClH/c1-13(15-8-3-2-4-9-15)20(11-14-6-5-7-14)12-16-10-19-17(18)21-16;/h2-4,8-10,13-14H,5-7,11-12H2,1H3,(H2,18,19);1H. The summed E-state index contributed by atoms with van der Waals surface area (Å²) in [6.45, 7) is 4.42. The molecule has 1 aliphatic carbocycles. The summed E-state index contributed by atoms with van der Waals surface area (Å²) in [6, 6.07) is 11.2. The molecule has 0 amide bonds. The number of hydrogen-bond donors (Lipinski definition) is 1. The molecule has 1 saturated carbocycles. The van der Waals surface area contributed by atoms with Gasteiger partial charge in [-0.25, -0.2) is 4.98 Å². The molecular formula is C17H24ClN3S. The lowest BCUT2D eigenvalue weighted by Crippen LogP contribution is -2.34. The molecule has 120 valence electrons. The summed E-state index contributed by atoms with van der Waals surface area (Å²) in [5.41, 5.74) is 7.15. The smallest absolute Gasteiger partial charge is 0.180 e. The average molecular weight is 338 g/mol. The third-order valence-corrected chi connectivity index (χ3v) is 5.29. The number of halogens is 1. The fourth-order valence-electron chi connectivity index (χ4n) is 2.90. The van der Waals surface area contributed by atoms with Gasteiger partial charge in [-0.15, -0.1) is 23.7 Å². The number of thiazole rings is 1. The molecule has 3 rings (SSSR count). The minimum absolute atomic E-state index is 0. The Kier molecular flexibility index (Phi) is 6.24. The lowest BCUT2D eigenvalue weighted by atomic mass is 9.84. The van der Waals surface area contributed by atoms with E-state index >= 15 is 0 Å². The Labute approximate surface area is 143 Å². The molecule has 3 nitrogen and oxygen atoms in total. The maximum absolute atomic E-state index is 5.77. The van der Waals surface area contributed by atoms with Crippen LogP contribution in [-0.4, -0.2) is 16.4 Å². The van der Waals surface area contributed by atoms with E-state index in [1.807, 2.05) is 6.20 Å². The van der Waals surface area contributed by atoms with E-state index in [2.05, 4.69) is 47.1 Å². The van der Waals surface area contributed by atoms with Crippen molar-refractivity contribution >= 4 is 28.9 Å². The molecular weight excluding hydrogens is 314 g/mol. The van der Waals surface area contributed by atoms with Crippen LogP contribution in [0, 0.1) is 5.92 Å². The lowest BCUT2D eigenvalue weighted by molar-refractivity contribution is 0.134. The van der Waals surface area contributed by atoms with E-state index in [1.54, 1.807) is 11.3 Å². The van der Waals surface area contributed by atoms with E-state index in [0.717, 1.165) is 12.5 Å². The van der Waals surface area contributed by atoms with Crippen molar-refractivity contribution in [1.82, 2.24) is 9.88 Å². The van der Waals surface area contributed by atoms with Crippen molar-refractivity contribution in [3.63, 3.8) is 0 Å². The van der Waals surface area contributed by atoms with Gasteiger partial charge in [0.25, 0.3) is 0 Å². The van der Waals surface area contributed by atoms with Crippen molar-refractivity contribution in [3.8, 4) is 0 Å². The Morgan fingerprint density at radius 1 is 1.32 bits per heavy atom. The van der Waals surface area contributed by atoms with Crippen LogP contribution in [0.25, 0.3) is 0 Å². The normalized spacial score (nSPS) is 16.1. The molecule has 0 bridgehead atoms. The van der Waals surface area contributed by atoms with Crippen molar-refractivity contribution in [1.29, 1.82) is 0 Å². The Morgan fingerprint density at radius 2 is 2.05 bits per heavy atom. The van der Waals surface area contributed by atoms with Crippen molar-refractivity contribution in [3.05, 3.63) is 47.0 Å². The molecule has 0 saturated heterocycles. The van der Waals surface area contributed by atoms with Gasteiger partial charge in [0.1, 0.15) is 0 Å². The minimum Gasteiger partial charge on any atom is -0.375 e. The second-order valence-electron chi connectivity index (χ2n) is 5.98. The van der Waals surface area contributed by atoms with Gasteiger partial charge in [0.2, 0.25) is 0 Å². The van der Waals surface area contributed by atoms with Gasteiger partial charge in [-0.2, -0.15) is 0 Å². The molecule has 1 heterocycles. The lowest BCUT2D eigenvalue weighted by Gasteiger charge is -2.36. The number of nitrogen functional groups attached to an aromatic ring is 1. The fourth-order valence-corrected chi connectivity index (χ4v) is 3.61. The number of hydrogen-bond acceptors (Lipinski definition) is 4. The van der Waals surface area contributed by atoms with Crippen LogP contribution < -0.4 is 5.73 Å². The first-order chi connectivity index (χ1) is 10.2. The third kappa shape index (κ3) is 4.22. The predicted octanol–water partition coefficient (Wildman–Crippen LogP) is 4.51. The Morgan fingerprint density at radius 3 is 2.59 bits per heavy atom. The van der Waals surface area contributed by atoms with E-state index in [1.165, 1.54) is 36.2 Å². The average Bonchev–Trinajstić information content (AvgIpc) is 2.87.